The van der Waals surface area contributed by atoms with E-state index in [9.17, 15) is 0 Å². The average Bonchev–Trinajstić information content (AvgIpc) is 2.43. The van der Waals surface area contributed by atoms with Crippen LogP contribution in [0.1, 0.15) is 29.7 Å². The molecular formula is C15H16N2OS. The van der Waals surface area contributed by atoms with Crippen molar-refractivity contribution in [1.82, 2.24) is 4.98 Å². The molecule has 0 aliphatic heterocycles. The molecule has 1 heterocycles. The van der Waals surface area contributed by atoms with Crippen molar-refractivity contribution >= 4 is 28.1 Å². The van der Waals surface area contributed by atoms with Crippen molar-refractivity contribution in [2.24, 2.45) is 5.73 Å². The number of benzene rings is 1. The van der Waals surface area contributed by atoms with Crippen LogP contribution in [-0.4, -0.2) is 17.1 Å². The third-order valence-electron chi connectivity index (χ3n) is 3.72. The third kappa shape index (κ3) is 1.96. The molecular weight excluding hydrogens is 256 g/mol. The van der Waals surface area contributed by atoms with Crippen LogP contribution in [0, 0.1) is 0 Å². The maximum absolute atomic E-state index is 5.96. The number of methoxy groups -OCH3 is 1. The monoisotopic (exact) mass is 272 g/mol. The van der Waals surface area contributed by atoms with Crippen LogP contribution in [0.5, 0.6) is 5.75 Å². The second-order valence-electron chi connectivity index (χ2n) is 4.84. The van der Waals surface area contributed by atoms with E-state index in [-0.39, 0.29) is 0 Å². The Balaban J connectivity index is 2.42. The molecule has 2 N–H and O–H groups in total. The largest absolute Gasteiger partial charge is 0.494 e. The van der Waals surface area contributed by atoms with Gasteiger partial charge < -0.3 is 10.5 Å². The van der Waals surface area contributed by atoms with E-state index in [2.05, 4.69) is 0 Å². The second kappa shape index (κ2) is 4.78. The Morgan fingerprint density at radius 3 is 2.84 bits per heavy atom. The molecule has 1 aliphatic rings. The summed E-state index contributed by atoms with van der Waals surface area (Å²) in [6.07, 6.45) is 4.37. The zero-order valence-corrected chi connectivity index (χ0v) is 11.7. The zero-order valence-electron chi connectivity index (χ0n) is 10.9. The molecule has 98 valence electrons. The van der Waals surface area contributed by atoms with Gasteiger partial charge in [0, 0.05) is 16.6 Å². The van der Waals surface area contributed by atoms with Crippen molar-refractivity contribution in [2.45, 2.75) is 25.7 Å². The van der Waals surface area contributed by atoms with Gasteiger partial charge in [-0.25, -0.2) is 4.98 Å². The number of nitrogens with zero attached hydrogens (tertiary/aromatic N) is 1. The van der Waals surface area contributed by atoms with Gasteiger partial charge in [0.05, 0.1) is 7.11 Å². The summed E-state index contributed by atoms with van der Waals surface area (Å²) in [6, 6.07) is 5.90. The number of pyridine rings is 1. The third-order valence-corrected chi connectivity index (χ3v) is 3.93. The first kappa shape index (κ1) is 12.4. The minimum atomic E-state index is 0.457. The molecule has 0 saturated carbocycles. The fraction of sp³-hybridized carbons (Fsp3) is 0.333. The number of thiocarbonyl (C=S) groups is 1. The normalized spacial score (nSPS) is 14.2. The lowest BCUT2D eigenvalue weighted by molar-refractivity contribution is 0.418. The standard InChI is InChI=1S/C15H16N2OS/c1-18-12-8-4-6-10-13(15(16)19)9-5-2-3-7-11(9)17-14(10)12/h4,6,8H,2-3,5,7H2,1H3,(H2,16,19). The molecule has 0 bridgehead atoms. The van der Waals surface area contributed by atoms with Gasteiger partial charge in [0.1, 0.15) is 16.3 Å². The van der Waals surface area contributed by atoms with Crippen molar-refractivity contribution < 1.29 is 4.74 Å². The van der Waals surface area contributed by atoms with Gasteiger partial charge in [-0.1, -0.05) is 24.4 Å². The lowest BCUT2D eigenvalue weighted by Crippen LogP contribution is -2.18. The van der Waals surface area contributed by atoms with Crippen LogP contribution in [0.25, 0.3) is 10.9 Å². The summed E-state index contributed by atoms with van der Waals surface area (Å²) >= 11 is 5.26. The number of aryl methyl sites for hydroxylation is 1. The molecule has 4 heteroatoms. The van der Waals surface area contributed by atoms with Gasteiger partial charge in [0.25, 0.3) is 0 Å². The molecule has 0 unspecified atom stereocenters. The second-order valence-corrected chi connectivity index (χ2v) is 5.28. The van der Waals surface area contributed by atoms with E-state index in [1.54, 1.807) is 7.11 Å². The predicted octanol–water partition coefficient (Wildman–Crippen LogP) is 2.76. The number of fused-ring (bicyclic) bond motifs is 2. The smallest absolute Gasteiger partial charge is 0.145 e. The van der Waals surface area contributed by atoms with E-state index >= 15 is 0 Å². The Hall–Kier alpha value is -1.68. The molecule has 1 aromatic heterocycles. The average molecular weight is 272 g/mol. The predicted molar refractivity (Wildman–Crippen MR) is 80.8 cm³/mol. The molecule has 0 radical (unpaired) electrons. The molecule has 1 aromatic carbocycles. The first-order valence-corrected chi connectivity index (χ1v) is 6.91. The Bertz CT molecular complexity index is 667. The summed E-state index contributed by atoms with van der Waals surface area (Å²) in [5.74, 6) is 0.781. The van der Waals surface area contributed by atoms with Gasteiger partial charge in [-0.05, 0) is 37.3 Å². The summed E-state index contributed by atoms with van der Waals surface area (Å²) < 4.78 is 5.41. The van der Waals surface area contributed by atoms with Crippen LogP contribution in [0.15, 0.2) is 18.2 Å². The molecule has 3 rings (SSSR count). The van der Waals surface area contributed by atoms with E-state index in [0.717, 1.165) is 40.8 Å². The Kier molecular flexibility index (Phi) is 3.11. The maximum Gasteiger partial charge on any atom is 0.145 e. The van der Waals surface area contributed by atoms with Crippen molar-refractivity contribution in [3.8, 4) is 5.75 Å². The Morgan fingerprint density at radius 2 is 2.11 bits per heavy atom. The molecule has 0 atom stereocenters. The molecule has 1 aliphatic carbocycles. The SMILES string of the molecule is COc1cccc2c(C(N)=S)c3c(nc12)CCCC3. The zero-order chi connectivity index (χ0) is 13.4. The first-order valence-electron chi connectivity index (χ1n) is 6.50. The lowest BCUT2D eigenvalue weighted by Gasteiger charge is -2.20. The molecule has 0 amide bonds. The van der Waals surface area contributed by atoms with Gasteiger partial charge >= 0.3 is 0 Å². The molecule has 2 aromatic rings. The van der Waals surface area contributed by atoms with Crippen LogP contribution in [0.4, 0.5) is 0 Å². The fourth-order valence-corrected chi connectivity index (χ4v) is 3.10. The number of hydrogen-bond acceptors (Lipinski definition) is 3. The summed E-state index contributed by atoms with van der Waals surface area (Å²) in [5, 5.41) is 1.01. The number of para-hydroxylation sites is 1. The number of ether oxygens (including phenoxy) is 1. The first-order chi connectivity index (χ1) is 9.22. The Labute approximate surface area is 117 Å². The lowest BCUT2D eigenvalue weighted by atomic mass is 9.89. The van der Waals surface area contributed by atoms with Gasteiger partial charge in [0.15, 0.2) is 0 Å². The van der Waals surface area contributed by atoms with Crippen LogP contribution < -0.4 is 10.5 Å². The minimum absolute atomic E-state index is 0.457. The summed E-state index contributed by atoms with van der Waals surface area (Å²) in [7, 11) is 1.66. The highest BCUT2D eigenvalue weighted by atomic mass is 32.1. The highest BCUT2D eigenvalue weighted by Gasteiger charge is 2.20. The number of aromatic nitrogens is 1. The number of nitrogens with two attached hydrogens (primary N) is 1. The maximum atomic E-state index is 5.96. The van der Waals surface area contributed by atoms with Crippen LogP contribution in [0.2, 0.25) is 0 Å². The van der Waals surface area contributed by atoms with E-state index < -0.39 is 0 Å². The van der Waals surface area contributed by atoms with Crippen LogP contribution >= 0.6 is 12.2 Å². The van der Waals surface area contributed by atoms with Crippen molar-refractivity contribution in [2.75, 3.05) is 7.11 Å². The molecule has 0 spiro atoms. The van der Waals surface area contributed by atoms with Crippen LogP contribution in [-0.2, 0) is 12.8 Å². The van der Waals surface area contributed by atoms with Crippen LogP contribution in [0.3, 0.4) is 0 Å². The summed E-state index contributed by atoms with van der Waals surface area (Å²) in [5.41, 5.74) is 10.2. The number of rotatable bonds is 2. The van der Waals surface area contributed by atoms with Crippen molar-refractivity contribution in [3.63, 3.8) is 0 Å². The summed E-state index contributed by atoms with van der Waals surface area (Å²) in [6.45, 7) is 0. The van der Waals surface area contributed by atoms with Crippen molar-refractivity contribution in [1.29, 1.82) is 0 Å². The topological polar surface area (TPSA) is 48.1 Å². The molecule has 3 nitrogen and oxygen atoms in total. The van der Waals surface area contributed by atoms with Gasteiger partial charge in [-0.3, -0.25) is 0 Å². The van der Waals surface area contributed by atoms with E-state index in [0.29, 0.717) is 4.99 Å². The molecule has 0 saturated heterocycles. The molecule has 0 fully saturated rings. The fourth-order valence-electron chi connectivity index (χ4n) is 2.87. The minimum Gasteiger partial charge on any atom is -0.494 e. The highest BCUT2D eigenvalue weighted by Crippen LogP contribution is 2.33. The highest BCUT2D eigenvalue weighted by molar-refractivity contribution is 7.80. The van der Waals surface area contributed by atoms with E-state index in [1.807, 2.05) is 18.2 Å². The van der Waals surface area contributed by atoms with Gasteiger partial charge in [0.2, 0.25) is 0 Å². The van der Waals surface area contributed by atoms with E-state index in [4.69, 9.17) is 27.7 Å². The summed E-state index contributed by atoms with van der Waals surface area (Å²) in [4.78, 5) is 5.25. The van der Waals surface area contributed by atoms with Gasteiger partial charge in [-0.2, -0.15) is 0 Å². The van der Waals surface area contributed by atoms with E-state index in [1.165, 1.54) is 18.4 Å². The number of hydrogen-bond donors (Lipinski definition) is 1. The molecule has 19 heavy (non-hydrogen) atoms. The van der Waals surface area contributed by atoms with Gasteiger partial charge in [-0.15, -0.1) is 0 Å². The quantitative estimate of drug-likeness (QED) is 0.854. The van der Waals surface area contributed by atoms with Crippen molar-refractivity contribution in [3.05, 3.63) is 35.0 Å². The Morgan fingerprint density at radius 1 is 1.32 bits per heavy atom.